The summed E-state index contributed by atoms with van der Waals surface area (Å²) in [6.07, 6.45) is 0. The van der Waals surface area contributed by atoms with Crippen LogP contribution in [0.5, 0.6) is 5.75 Å². The molecular weight excluding hydrogens is 352 g/mol. The predicted octanol–water partition coefficient (Wildman–Crippen LogP) is 6.13. The molecule has 3 aromatic carbocycles. The van der Waals surface area contributed by atoms with Crippen LogP contribution in [0, 0.1) is 0 Å². The van der Waals surface area contributed by atoms with E-state index >= 15 is 0 Å². The molecule has 3 nitrogen and oxygen atoms in total. The van der Waals surface area contributed by atoms with Gasteiger partial charge < -0.3 is 5.11 Å². The van der Waals surface area contributed by atoms with Crippen molar-refractivity contribution >= 4 is 21.4 Å². The van der Waals surface area contributed by atoms with Gasteiger partial charge in [-0.1, -0.05) is 60.7 Å². The molecule has 0 saturated carbocycles. The summed E-state index contributed by atoms with van der Waals surface area (Å²) in [5.41, 5.74) is 3.78. The first kappa shape index (κ1) is 15.9. The highest BCUT2D eigenvalue weighted by molar-refractivity contribution is 7.22. The molecule has 4 heteroatoms. The number of aromatic nitrogens is 2. The van der Waals surface area contributed by atoms with Gasteiger partial charge in [-0.25, -0.2) is 4.68 Å². The van der Waals surface area contributed by atoms with Gasteiger partial charge >= 0.3 is 0 Å². The molecule has 0 fully saturated rings. The molecule has 2 aromatic heterocycles. The molecule has 0 amide bonds. The second-order valence-electron chi connectivity index (χ2n) is 6.30. The van der Waals surface area contributed by atoms with E-state index in [9.17, 15) is 5.11 Å². The van der Waals surface area contributed by atoms with Crippen molar-refractivity contribution in [2.75, 3.05) is 0 Å². The van der Waals surface area contributed by atoms with Gasteiger partial charge in [0.1, 0.15) is 5.75 Å². The molecule has 0 aliphatic heterocycles. The summed E-state index contributed by atoms with van der Waals surface area (Å²) in [7, 11) is 0. The van der Waals surface area contributed by atoms with Crippen LogP contribution in [0.3, 0.4) is 0 Å². The Morgan fingerprint density at radius 3 is 2.19 bits per heavy atom. The molecule has 130 valence electrons. The van der Waals surface area contributed by atoms with Gasteiger partial charge in [0.05, 0.1) is 22.0 Å². The molecule has 0 spiro atoms. The lowest BCUT2D eigenvalue weighted by Crippen LogP contribution is -1.98. The smallest absolute Gasteiger partial charge is 0.143 e. The van der Waals surface area contributed by atoms with E-state index in [1.807, 2.05) is 95.7 Å². The first-order valence-corrected chi connectivity index (χ1v) is 9.55. The summed E-state index contributed by atoms with van der Waals surface area (Å²) in [4.78, 5) is 0.828. The van der Waals surface area contributed by atoms with Crippen LogP contribution in [0.2, 0.25) is 0 Å². The van der Waals surface area contributed by atoms with Crippen molar-refractivity contribution in [3.8, 4) is 33.3 Å². The summed E-state index contributed by atoms with van der Waals surface area (Å²) in [5, 5.41) is 16.6. The van der Waals surface area contributed by atoms with Gasteiger partial charge in [0.2, 0.25) is 0 Å². The number of hydrogen-bond acceptors (Lipinski definition) is 3. The van der Waals surface area contributed by atoms with E-state index in [0.717, 1.165) is 37.6 Å². The Morgan fingerprint density at radius 2 is 1.44 bits per heavy atom. The average Bonchev–Trinajstić information content (AvgIpc) is 3.31. The van der Waals surface area contributed by atoms with Crippen LogP contribution in [-0.2, 0) is 0 Å². The quantitative estimate of drug-likeness (QED) is 0.416. The number of rotatable bonds is 3. The topological polar surface area (TPSA) is 38.1 Å². The van der Waals surface area contributed by atoms with E-state index in [1.54, 1.807) is 11.3 Å². The van der Waals surface area contributed by atoms with Crippen molar-refractivity contribution in [1.82, 2.24) is 9.78 Å². The van der Waals surface area contributed by atoms with Gasteiger partial charge in [-0.05, 0) is 30.3 Å². The Bertz CT molecular complexity index is 1220. The number of para-hydroxylation sites is 1. The van der Waals surface area contributed by atoms with Gasteiger partial charge in [0.15, 0.2) is 0 Å². The van der Waals surface area contributed by atoms with E-state index in [1.165, 1.54) is 0 Å². The highest BCUT2D eigenvalue weighted by Crippen LogP contribution is 2.44. The van der Waals surface area contributed by atoms with Crippen LogP contribution in [0.25, 0.3) is 37.6 Å². The highest BCUT2D eigenvalue weighted by atomic mass is 32.1. The Morgan fingerprint density at radius 1 is 0.778 bits per heavy atom. The molecule has 0 unspecified atom stereocenters. The molecular formula is C23H16N2OS. The fraction of sp³-hybridized carbons (Fsp3) is 0. The van der Waals surface area contributed by atoms with Crippen molar-refractivity contribution in [3.05, 3.63) is 91.0 Å². The molecule has 0 bridgehead atoms. The van der Waals surface area contributed by atoms with E-state index in [2.05, 4.69) is 0 Å². The maximum Gasteiger partial charge on any atom is 0.143 e. The summed E-state index contributed by atoms with van der Waals surface area (Å²) < 4.78 is 2.97. The van der Waals surface area contributed by atoms with E-state index in [0.29, 0.717) is 5.75 Å². The van der Waals surface area contributed by atoms with Crippen LogP contribution in [-0.4, -0.2) is 14.9 Å². The van der Waals surface area contributed by atoms with Crippen LogP contribution in [0.4, 0.5) is 0 Å². The van der Waals surface area contributed by atoms with Crippen molar-refractivity contribution in [2.45, 2.75) is 0 Å². The van der Waals surface area contributed by atoms with Gasteiger partial charge in [0.25, 0.3) is 0 Å². The summed E-state index contributed by atoms with van der Waals surface area (Å²) in [5.74, 6) is 0.312. The fourth-order valence-electron chi connectivity index (χ4n) is 3.26. The first-order valence-electron chi connectivity index (χ1n) is 8.73. The minimum Gasteiger partial charge on any atom is -0.506 e. The van der Waals surface area contributed by atoms with Crippen molar-refractivity contribution < 1.29 is 5.11 Å². The second kappa shape index (κ2) is 6.41. The lowest BCUT2D eigenvalue weighted by molar-refractivity contribution is 0.485. The first-order chi connectivity index (χ1) is 13.3. The zero-order chi connectivity index (χ0) is 18.2. The molecule has 5 aromatic rings. The number of thiophene rings is 1. The molecule has 5 rings (SSSR count). The molecule has 0 saturated heterocycles. The monoisotopic (exact) mass is 368 g/mol. The normalized spacial score (nSPS) is 11.1. The van der Waals surface area contributed by atoms with Crippen LogP contribution in [0.15, 0.2) is 91.0 Å². The third-order valence-corrected chi connectivity index (χ3v) is 5.76. The summed E-state index contributed by atoms with van der Waals surface area (Å²) >= 11 is 1.58. The molecule has 1 N–H and O–H groups in total. The Balaban J connectivity index is 1.77. The fourth-order valence-corrected chi connectivity index (χ4v) is 4.36. The minimum atomic E-state index is 0.312. The minimum absolute atomic E-state index is 0.312. The molecule has 27 heavy (non-hydrogen) atoms. The Hall–Kier alpha value is -3.37. The Kier molecular flexibility index (Phi) is 3.77. The van der Waals surface area contributed by atoms with Crippen LogP contribution >= 0.6 is 11.3 Å². The maximum atomic E-state index is 10.9. The highest BCUT2D eigenvalue weighted by Gasteiger charge is 2.19. The van der Waals surface area contributed by atoms with E-state index < -0.39 is 0 Å². The summed E-state index contributed by atoms with van der Waals surface area (Å²) in [6, 6.07) is 30.1. The molecule has 2 heterocycles. The molecule has 0 radical (unpaired) electrons. The lowest BCUT2D eigenvalue weighted by Gasteiger charge is -2.06. The van der Waals surface area contributed by atoms with E-state index in [-0.39, 0.29) is 0 Å². The van der Waals surface area contributed by atoms with Crippen LogP contribution < -0.4 is 0 Å². The van der Waals surface area contributed by atoms with Gasteiger partial charge in [-0.2, -0.15) is 5.10 Å². The predicted molar refractivity (Wildman–Crippen MR) is 111 cm³/mol. The second-order valence-corrected chi connectivity index (χ2v) is 7.36. The number of aromatic hydroxyl groups is 1. The van der Waals surface area contributed by atoms with Crippen molar-refractivity contribution in [1.29, 1.82) is 0 Å². The number of benzene rings is 3. The van der Waals surface area contributed by atoms with Gasteiger partial charge in [-0.15, -0.1) is 11.3 Å². The number of nitrogens with zero attached hydrogens (tertiary/aromatic N) is 2. The third-order valence-electron chi connectivity index (χ3n) is 4.58. The standard InChI is InChI=1S/C23H16N2OS/c26-22-18-13-7-8-14-21(18)27-23(22)20-15-19(16-9-3-1-4-10-16)24-25(20)17-11-5-2-6-12-17/h1-15,26H. The zero-order valence-corrected chi connectivity index (χ0v) is 15.2. The number of hydrogen-bond donors (Lipinski definition) is 1. The maximum absolute atomic E-state index is 10.9. The molecule has 0 aliphatic carbocycles. The lowest BCUT2D eigenvalue weighted by atomic mass is 10.1. The van der Waals surface area contributed by atoms with E-state index in [4.69, 9.17) is 5.10 Å². The summed E-state index contributed by atoms with van der Waals surface area (Å²) in [6.45, 7) is 0. The van der Waals surface area contributed by atoms with Gasteiger partial charge in [-0.3, -0.25) is 0 Å². The number of fused-ring (bicyclic) bond motifs is 1. The Labute approximate surface area is 160 Å². The largest absolute Gasteiger partial charge is 0.506 e. The van der Waals surface area contributed by atoms with Crippen LogP contribution in [0.1, 0.15) is 0 Å². The zero-order valence-electron chi connectivity index (χ0n) is 14.4. The SMILES string of the molecule is Oc1c(-c2cc(-c3ccccc3)nn2-c2ccccc2)sc2ccccc12. The average molecular weight is 368 g/mol. The van der Waals surface area contributed by atoms with Crippen molar-refractivity contribution in [2.24, 2.45) is 0 Å². The third kappa shape index (κ3) is 2.71. The molecule has 0 atom stereocenters. The van der Waals surface area contributed by atoms with Crippen molar-refractivity contribution in [3.63, 3.8) is 0 Å². The van der Waals surface area contributed by atoms with Gasteiger partial charge in [0, 0.05) is 15.6 Å². The molecule has 0 aliphatic rings.